The van der Waals surface area contributed by atoms with Gasteiger partial charge in [0.1, 0.15) is 0 Å². The lowest BCUT2D eigenvalue weighted by atomic mass is 9.95. The van der Waals surface area contributed by atoms with Crippen LogP contribution in [0.2, 0.25) is 0 Å². The van der Waals surface area contributed by atoms with E-state index in [1.807, 2.05) is 12.1 Å². The first kappa shape index (κ1) is 20.2. The molecule has 5 rings (SSSR count). The molecule has 0 atom stereocenters. The molecule has 6 nitrogen and oxygen atoms in total. The predicted molar refractivity (Wildman–Crippen MR) is 123 cm³/mol. The molecule has 158 valence electrons. The first-order chi connectivity index (χ1) is 15.1. The van der Waals surface area contributed by atoms with E-state index in [2.05, 4.69) is 10.3 Å². The molecule has 1 N–H and O–H groups in total. The SMILES string of the molecule is O=C(CSc1nc2ccc(N3C(=O)c4ccccc4C3=O)cc2s1)NC1CCCCC1. The summed E-state index contributed by atoms with van der Waals surface area (Å²) in [6.45, 7) is 0. The van der Waals surface area contributed by atoms with E-state index in [1.165, 1.54) is 47.3 Å². The van der Waals surface area contributed by atoms with E-state index in [0.29, 0.717) is 28.6 Å². The molecule has 31 heavy (non-hydrogen) atoms. The number of carbonyl (C=O) groups excluding carboxylic acids is 3. The van der Waals surface area contributed by atoms with Gasteiger partial charge in [0.2, 0.25) is 5.91 Å². The number of nitrogens with zero attached hydrogens (tertiary/aromatic N) is 2. The van der Waals surface area contributed by atoms with Gasteiger partial charge in [-0.3, -0.25) is 14.4 Å². The quantitative estimate of drug-likeness (QED) is 0.452. The number of imide groups is 1. The van der Waals surface area contributed by atoms with Gasteiger partial charge in [0.15, 0.2) is 4.34 Å². The Morgan fingerprint density at radius 1 is 1.06 bits per heavy atom. The van der Waals surface area contributed by atoms with Gasteiger partial charge in [-0.1, -0.05) is 43.2 Å². The van der Waals surface area contributed by atoms with Gasteiger partial charge in [0, 0.05) is 6.04 Å². The van der Waals surface area contributed by atoms with E-state index in [0.717, 1.165) is 27.4 Å². The molecule has 2 aliphatic rings. The molecule has 0 saturated heterocycles. The second kappa shape index (κ2) is 8.43. The molecule has 0 unspecified atom stereocenters. The van der Waals surface area contributed by atoms with E-state index in [4.69, 9.17) is 0 Å². The van der Waals surface area contributed by atoms with Gasteiger partial charge in [-0.2, -0.15) is 0 Å². The summed E-state index contributed by atoms with van der Waals surface area (Å²) in [4.78, 5) is 43.5. The van der Waals surface area contributed by atoms with Crippen LogP contribution in [-0.2, 0) is 4.79 Å². The van der Waals surface area contributed by atoms with Gasteiger partial charge >= 0.3 is 0 Å². The summed E-state index contributed by atoms with van der Waals surface area (Å²) >= 11 is 2.89. The largest absolute Gasteiger partial charge is 0.353 e. The number of aromatic nitrogens is 1. The van der Waals surface area contributed by atoms with Crippen molar-refractivity contribution in [1.82, 2.24) is 10.3 Å². The molecule has 0 radical (unpaired) electrons. The van der Waals surface area contributed by atoms with Crippen LogP contribution in [0.5, 0.6) is 0 Å². The number of rotatable bonds is 5. The van der Waals surface area contributed by atoms with Crippen LogP contribution in [0.3, 0.4) is 0 Å². The van der Waals surface area contributed by atoms with Gasteiger partial charge < -0.3 is 5.32 Å². The lowest BCUT2D eigenvalue weighted by Gasteiger charge is -2.22. The molecule has 8 heteroatoms. The molecular formula is C23H21N3O3S2. The third-order valence-electron chi connectivity index (χ3n) is 5.70. The van der Waals surface area contributed by atoms with Gasteiger partial charge in [-0.15, -0.1) is 11.3 Å². The monoisotopic (exact) mass is 451 g/mol. The Kier molecular flexibility index (Phi) is 5.50. The van der Waals surface area contributed by atoms with Gasteiger partial charge in [-0.05, 0) is 43.2 Å². The third kappa shape index (κ3) is 3.97. The fraction of sp³-hybridized carbons (Fsp3) is 0.304. The zero-order chi connectivity index (χ0) is 21.4. The van der Waals surface area contributed by atoms with Crippen molar-refractivity contribution in [3.8, 4) is 0 Å². The normalized spacial score (nSPS) is 16.7. The minimum Gasteiger partial charge on any atom is -0.353 e. The lowest BCUT2D eigenvalue weighted by molar-refractivity contribution is -0.119. The highest BCUT2D eigenvalue weighted by Gasteiger charge is 2.36. The van der Waals surface area contributed by atoms with Gasteiger partial charge in [-0.25, -0.2) is 9.88 Å². The maximum atomic E-state index is 12.7. The predicted octanol–water partition coefficient (Wildman–Crippen LogP) is 4.64. The van der Waals surface area contributed by atoms with Crippen LogP contribution in [0.4, 0.5) is 5.69 Å². The Labute approximate surface area is 188 Å². The Bertz CT molecular complexity index is 1150. The van der Waals surface area contributed by atoms with E-state index in [9.17, 15) is 14.4 Å². The smallest absolute Gasteiger partial charge is 0.266 e. The Morgan fingerprint density at radius 3 is 2.48 bits per heavy atom. The van der Waals surface area contributed by atoms with Crippen molar-refractivity contribution in [2.75, 3.05) is 10.7 Å². The number of thioether (sulfide) groups is 1. The topological polar surface area (TPSA) is 79.4 Å². The van der Waals surface area contributed by atoms with Crippen LogP contribution in [0, 0.1) is 0 Å². The van der Waals surface area contributed by atoms with E-state index in [-0.39, 0.29) is 17.7 Å². The summed E-state index contributed by atoms with van der Waals surface area (Å²) in [5.74, 6) is -0.235. The molecule has 3 amide bonds. The molecule has 2 heterocycles. The number of nitrogens with one attached hydrogen (secondary N) is 1. The standard InChI is InChI=1S/C23H21N3O3S2/c27-20(24-14-6-2-1-3-7-14)13-30-23-25-18-11-10-15(12-19(18)31-23)26-21(28)16-8-4-5-9-17(16)22(26)29/h4-5,8-12,14H,1-3,6-7,13H2,(H,24,27). The number of thiazole rings is 1. The van der Waals surface area contributed by atoms with Crippen molar-refractivity contribution in [1.29, 1.82) is 0 Å². The van der Waals surface area contributed by atoms with Crippen molar-refractivity contribution in [3.63, 3.8) is 0 Å². The third-order valence-corrected chi connectivity index (χ3v) is 7.86. The molecule has 1 aliphatic carbocycles. The summed E-state index contributed by atoms with van der Waals surface area (Å²) in [5, 5.41) is 3.12. The van der Waals surface area contributed by atoms with Crippen molar-refractivity contribution in [2.45, 2.75) is 42.5 Å². The van der Waals surface area contributed by atoms with E-state index < -0.39 is 0 Å². The van der Waals surface area contributed by atoms with Crippen LogP contribution in [-0.4, -0.2) is 34.5 Å². The number of amides is 3. The average Bonchev–Trinajstić information content (AvgIpc) is 3.31. The highest BCUT2D eigenvalue weighted by molar-refractivity contribution is 8.01. The van der Waals surface area contributed by atoms with Crippen LogP contribution in [0.25, 0.3) is 10.2 Å². The molecule has 1 saturated carbocycles. The second-order valence-corrected chi connectivity index (χ2v) is 10.1. The van der Waals surface area contributed by atoms with Crippen molar-refractivity contribution in [3.05, 3.63) is 53.6 Å². The fourth-order valence-corrected chi connectivity index (χ4v) is 6.07. The lowest BCUT2D eigenvalue weighted by Crippen LogP contribution is -2.37. The Morgan fingerprint density at radius 2 is 1.77 bits per heavy atom. The molecular weight excluding hydrogens is 430 g/mol. The van der Waals surface area contributed by atoms with Crippen LogP contribution >= 0.6 is 23.1 Å². The van der Waals surface area contributed by atoms with Crippen LogP contribution in [0.15, 0.2) is 46.8 Å². The zero-order valence-corrected chi connectivity index (χ0v) is 18.4. The number of hydrogen-bond acceptors (Lipinski definition) is 6. The average molecular weight is 452 g/mol. The second-order valence-electron chi connectivity index (χ2n) is 7.81. The zero-order valence-electron chi connectivity index (χ0n) is 16.8. The number of hydrogen-bond donors (Lipinski definition) is 1. The van der Waals surface area contributed by atoms with Crippen LogP contribution in [0.1, 0.15) is 52.8 Å². The summed E-state index contributed by atoms with van der Waals surface area (Å²) < 4.78 is 1.68. The maximum absolute atomic E-state index is 12.7. The highest BCUT2D eigenvalue weighted by Crippen LogP contribution is 2.35. The molecule has 2 aromatic carbocycles. The maximum Gasteiger partial charge on any atom is 0.266 e. The minimum atomic E-state index is -0.307. The summed E-state index contributed by atoms with van der Waals surface area (Å²) in [7, 11) is 0. The summed E-state index contributed by atoms with van der Waals surface area (Å²) in [6, 6.07) is 12.6. The molecule has 0 spiro atoms. The van der Waals surface area contributed by atoms with Gasteiger partial charge in [0.05, 0.1) is 32.8 Å². The number of anilines is 1. The molecule has 0 bridgehead atoms. The van der Waals surface area contributed by atoms with Crippen molar-refractivity contribution < 1.29 is 14.4 Å². The number of benzene rings is 2. The number of fused-ring (bicyclic) bond motifs is 2. The summed E-state index contributed by atoms with van der Waals surface area (Å²) in [6.07, 6.45) is 5.77. The highest BCUT2D eigenvalue weighted by atomic mass is 32.2. The molecule has 1 fully saturated rings. The number of carbonyl (C=O) groups is 3. The Hall–Kier alpha value is -2.71. The molecule has 1 aliphatic heterocycles. The van der Waals surface area contributed by atoms with Crippen molar-refractivity contribution >= 4 is 56.7 Å². The molecule has 1 aromatic heterocycles. The summed E-state index contributed by atoms with van der Waals surface area (Å²) in [5.41, 5.74) is 2.18. The van der Waals surface area contributed by atoms with Crippen LogP contribution < -0.4 is 10.2 Å². The van der Waals surface area contributed by atoms with E-state index >= 15 is 0 Å². The molecule has 3 aromatic rings. The van der Waals surface area contributed by atoms with Crippen molar-refractivity contribution in [2.24, 2.45) is 0 Å². The first-order valence-corrected chi connectivity index (χ1v) is 12.2. The van der Waals surface area contributed by atoms with Gasteiger partial charge in [0.25, 0.3) is 11.8 Å². The Balaban J connectivity index is 1.29. The fourth-order valence-electron chi connectivity index (χ4n) is 4.16. The van der Waals surface area contributed by atoms with E-state index in [1.54, 1.807) is 30.3 Å². The minimum absolute atomic E-state index is 0.0443. The first-order valence-electron chi connectivity index (χ1n) is 10.4.